The molecule has 0 spiro atoms. The molecule has 0 radical (unpaired) electrons. The van der Waals surface area contributed by atoms with Crippen LogP contribution in [-0.4, -0.2) is 26.4 Å². The lowest BCUT2D eigenvalue weighted by atomic mass is 10.1. The fourth-order valence-electron chi connectivity index (χ4n) is 3.70. The Morgan fingerprint density at radius 2 is 2.24 bits per heavy atom. The van der Waals surface area contributed by atoms with Gasteiger partial charge in [0.05, 0.1) is 16.6 Å². The Morgan fingerprint density at radius 1 is 1.32 bits per heavy atom. The van der Waals surface area contributed by atoms with E-state index in [-0.39, 0.29) is 0 Å². The summed E-state index contributed by atoms with van der Waals surface area (Å²) in [7, 11) is 1.99. The molecule has 3 aromatic heterocycles. The molecule has 0 saturated carbocycles. The van der Waals surface area contributed by atoms with Crippen LogP contribution in [-0.2, 0) is 13.6 Å². The molecule has 1 atom stereocenters. The van der Waals surface area contributed by atoms with Gasteiger partial charge >= 0.3 is 0 Å². The maximum Gasteiger partial charge on any atom is 0.177 e. The molecule has 1 aliphatic heterocycles. The van der Waals surface area contributed by atoms with E-state index in [0.717, 1.165) is 41.5 Å². The number of nitrogens with zero attached hydrogens (tertiary/aromatic N) is 4. The van der Waals surface area contributed by atoms with Gasteiger partial charge in [0, 0.05) is 31.4 Å². The fourth-order valence-corrected chi connectivity index (χ4v) is 4.37. The Bertz CT molecular complexity index is 820. The molecule has 0 unspecified atom stereocenters. The van der Waals surface area contributed by atoms with Crippen LogP contribution in [0.4, 0.5) is 0 Å². The molecule has 0 amide bonds. The molecule has 0 N–H and O–H groups in total. The first-order chi connectivity index (χ1) is 12.2. The molecule has 6 heteroatoms. The van der Waals surface area contributed by atoms with E-state index < -0.39 is 0 Å². The van der Waals surface area contributed by atoms with E-state index in [0.29, 0.717) is 6.04 Å². The predicted molar refractivity (Wildman–Crippen MR) is 99.4 cm³/mol. The molecule has 0 aromatic carbocycles. The number of hydrogen-bond acceptors (Lipinski definition) is 5. The Kier molecular flexibility index (Phi) is 4.72. The van der Waals surface area contributed by atoms with Gasteiger partial charge in [0.25, 0.3) is 0 Å². The fraction of sp³-hybridized carbons (Fsp3) is 0.474. The topological polar surface area (TPSA) is 47.1 Å². The summed E-state index contributed by atoms with van der Waals surface area (Å²) in [6.45, 7) is 4.11. The summed E-state index contributed by atoms with van der Waals surface area (Å²) >= 11 is 1.69. The monoisotopic (exact) mass is 356 g/mol. The van der Waals surface area contributed by atoms with Crippen molar-refractivity contribution in [3.05, 3.63) is 46.7 Å². The molecule has 132 valence electrons. The maximum atomic E-state index is 5.65. The zero-order valence-electron chi connectivity index (χ0n) is 14.8. The molecule has 1 fully saturated rings. The zero-order valence-corrected chi connectivity index (χ0v) is 15.6. The average Bonchev–Trinajstić information content (AvgIpc) is 3.29. The summed E-state index contributed by atoms with van der Waals surface area (Å²) < 4.78 is 7.55. The van der Waals surface area contributed by atoms with Crippen LogP contribution in [0, 0.1) is 6.92 Å². The van der Waals surface area contributed by atoms with Crippen LogP contribution >= 0.6 is 11.3 Å². The maximum absolute atomic E-state index is 5.65. The molecule has 1 saturated heterocycles. The first kappa shape index (κ1) is 16.5. The van der Waals surface area contributed by atoms with Crippen molar-refractivity contribution in [2.24, 2.45) is 7.05 Å². The van der Waals surface area contributed by atoms with Crippen LogP contribution in [0.5, 0.6) is 0 Å². The molecule has 0 aliphatic carbocycles. The highest BCUT2D eigenvalue weighted by Gasteiger charge is 2.26. The van der Waals surface area contributed by atoms with E-state index in [1.807, 2.05) is 17.8 Å². The molecule has 4 heterocycles. The first-order valence-corrected chi connectivity index (χ1v) is 9.82. The Morgan fingerprint density at radius 3 is 3.00 bits per heavy atom. The largest absolute Gasteiger partial charge is 0.355 e. The van der Waals surface area contributed by atoms with Crippen LogP contribution in [0.15, 0.2) is 34.3 Å². The summed E-state index contributed by atoms with van der Waals surface area (Å²) in [6, 6.07) is 6.58. The smallest absolute Gasteiger partial charge is 0.177 e. The van der Waals surface area contributed by atoms with Gasteiger partial charge in [-0.1, -0.05) is 24.1 Å². The lowest BCUT2D eigenvalue weighted by Crippen LogP contribution is -2.28. The Labute approximate surface area is 152 Å². The minimum absolute atomic E-state index is 0.319. The summed E-state index contributed by atoms with van der Waals surface area (Å²) in [5.74, 6) is 0.881. The highest BCUT2D eigenvalue weighted by atomic mass is 32.1. The third kappa shape index (κ3) is 3.55. The minimum atomic E-state index is 0.319. The summed E-state index contributed by atoms with van der Waals surface area (Å²) in [5.41, 5.74) is 3.48. The standard InChI is InChI=1S/C19H24N4OS/c1-14-15(12-22(2)20-14)13-23-9-5-3-4-7-17(23)16-11-18(24-21-16)19-8-6-10-25-19/h6,8,10-12,17H,3-5,7,9,13H2,1-2H3/t17-/m0/s1. The summed E-state index contributed by atoms with van der Waals surface area (Å²) in [6.07, 6.45) is 7.04. The zero-order chi connectivity index (χ0) is 17.2. The van der Waals surface area contributed by atoms with Gasteiger partial charge in [-0.2, -0.15) is 5.10 Å². The number of aromatic nitrogens is 3. The molecule has 4 rings (SSSR count). The number of likely N-dealkylation sites (tertiary alicyclic amines) is 1. The van der Waals surface area contributed by atoms with Crippen molar-refractivity contribution in [1.29, 1.82) is 0 Å². The van der Waals surface area contributed by atoms with Gasteiger partial charge < -0.3 is 4.52 Å². The van der Waals surface area contributed by atoms with Crippen LogP contribution < -0.4 is 0 Å². The third-order valence-electron chi connectivity index (χ3n) is 4.99. The van der Waals surface area contributed by atoms with Crippen molar-refractivity contribution in [1.82, 2.24) is 19.8 Å². The van der Waals surface area contributed by atoms with Crippen molar-refractivity contribution >= 4 is 11.3 Å². The van der Waals surface area contributed by atoms with Crippen LogP contribution in [0.25, 0.3) is 10.6 Å². The molecule has 0 bridgehead atoms. The molecule has 1 aliphatic rings. The number of rotatable bonds is 4. The quantitative estimate of drug-likeness (QED) is 0.687. The average molecular weight is 356 g/mol. The SMILES string of the molecule is Cc1nn(C)cc1CN1CCCCC[C@H]1c1cc(-c2cccs2)on1. The van der Waals surface area contributed by atoms with E-state index in [4.69, 9.17) is 4.52 Å². The van der Waals surface area contributed by atoms with Gasteiger partial charge in [-0.15, -0.1) is 11.3 Å². The highest BCUT2D eigenvalue weighted by Crippen LogP contribution is 2.34. The molecule has 5 nitrogen and oxygen atoms in total. The highest BCUT2D eigenvalue weighted by molar-refractivity contribution is 7.13. The molecular formula is C19H24N4OS. The lowest BCUT2D eigenvalue weighted by molar-refractivity contribution is 0.183. The molecule has 3 aromatic rings. The van der Waals surface area contributed by atoms with E-state index in [1.165, 1.54) is 24.8 Å². The van der Waals surface area contributed by atoms with Gasteiger partial charge in [-0.05, 0) is 37.8 Å². The second kappa shape index (κ2) is 7.14. The second-order valence-corrected chi connectivity index (χ2v) is 7.79. The summed E-state index contributed by atoms with van der Waals surface area (Å²) in [4.78, 5) is 3.69. The second-order valence-electron chi connectivity index (χ2n) is 6.84. The van der Waals surface area contributed by atoms with E-state index in [9.17, 15) is 0 Å². The Hall–Kier alpha value is -1.92. The van der Waals surface area contributed by atoms with Gasteiger partial charge in [-0.3, -0.25) is 9.58 Å². The van der Waals surface area contributed by atoms with Crippen molar-refractivity contribution in [2.45, 2.75) is 45.2 Å². The van der Waals surface area contributed by atoms with Gasteiger partial charge in [0.15, 0.2) is 5.76 Å². The predicted octanol–water partition coefficient (Wildman–Crippen LogP) is 4.56. The van der Waals surface area contributed by atoms with Crippen molar-refractivity contribution in [2.75, 3.05) is 6.54 Å². The summed E-state index contributed by atoms with van der Waals surface area (Å²) in [5, 5.41) is 11.0. The third-order valence-corrected chi connectivity index (χ3v) is 5.87. The Balaban J connectivity index is 1.59. The van der Waals surface area contributed by atoms with Gasteiger partial charge in [0.2, 0.25) is 0 Å². The first-order valence-electron chi connectivity index (χ1n) is 8.94. The van der Waals surface area contributed by atoms with E-state index in [1.54, 1.807) is 11.3 Å². The lowest BCUT2D eigenvalue weighted by Gasteiger charge is -2.28. The van der Waals surface area contributed by atoms with Crippen molar-refractivity contribution in [3.63, 3.8) is 0 Å². The number of hydrogen-bond donors (Lipinski definition) is 0. The molecular weight excluding hydrogens is 332 g/mol. The van der Waals surface area contributed by atoms with Crippen LogP contribution in [0.2, 0.25) is 0 Å². The number of aryl methyl sites for hydroxylation is 2. The van der Waals surface area contributed by atoms with Crippen LogP contribution in [0.1, 0.15) is 48.7 Å². The van der Waals surface area contributed by atoms with Gasteiger partial charge in [-0.25, -0.2) is 0 Å². The number of thiophene rings is 1. The van der Waals surface area contributed by atoms with E-state index >= 15 is 0 Å². The van der Waals surface area contributed by atoms with Crippen LogP contribution in [0.3, 0.4) is 0 Å². The minimum Gasteiger partial charge on any atom is -0.355 e. The molecule has 25 heavy (non-hydrogen) atoms. The normalized spacial score (nSPS) is 19.2. The van der Waals surface area contributed by atoms with E-state index in [2.05, 4.69) is 45.8 Å². The van der Waals surface area contributed by atoms with Gasteiger partial charge in [0.1, 0.15) is 5.69 Å². The van der Waals surface area contributed by atoms with Crippen molar-refractivity contribution < 1.29 is 4.52 Å². The van der Waals surface area contributed by atoms with Crippen molar-refractivity contribution in [3.8, 4) is 10.6 Å².